The molecule has 0 aliphatic rings. The molecule has 0 spiro atoms. The quantitative estimate of drug-likeness (QED) is 0.809. The lowest BCUT2D eigenvalue weighted by Crippen LogP contribution is -2.10. The number of ether oxygens (including phenoxy) is 1. The smallest absolute Gasteiger partial charge is 0.383 e. The van der Waals surface area contributed by atoms with Crippen LogP contribution in [-0.2, 0) is 17.5 Å². The van der Waals surface area contributed by atoms with Crippen molar-refractivity contribution >= 4 is 0 Å². The molecular formula is C10H17F3N2O. The van der Waals surface area contributed by atoms with E-state index in [1.54, 1.807) is 0 Å². The molecule has 1 aromatic rings. The summed E-state index contributed by atoms with van der Waals surface area (Å²) in [4.78, 5) is 0. The van der Waals surface area contributed by atoms with Gasteiger partial charge in [0.1, 0.15) is 0 Å². The number of rotatable bonds is 3. The molecule has 0 aromatic carbocycles. The zero-order valence-corrected chi connectivity index (χ0v) is 9.93. The fourth-order valence-corrected chi connectivity index (χ4v) is 1.10. The van der Waals surface area contributed by atoms with Crippen LogP contribution in [0.25, 0.3) is 0 Å². The molecule has 1 heterocycles. The number of aryl methyl sites for hydroxylation is 1. The summed E-state index contributed by atoms with van der Waals surface area (Å²) >= 11 is 0. The second kappa shape index (κ2) is 6.52. The topological polar surface area (TPSA) is 27.1 Å². The van der Waals surface area contributed by atoms with Gasteiger partial charge < -0.3 is 4.74 Å². The maximum Gasteiger partial charge on any atom is 0.435 e. The van der Waals surface area contributed by atoms with Crippen LogP contribution in [0.1, 0.15) is 25.1 Å². The fraction of sp³-hybridized carbons (Fsp3) is 0.700. The van der Waals surface area contributed by atoms with Crippen molar-refractivity contribution in [3.8, 4) is 0 Å². The normalized spacial score (nSPS) is 10.9. The lowest BCUT2D eigenvalue weighted by atomic mass is 10.3. The number of hydrogen-bond acceptors (Lipinski definition) is 2. The first-order valence-corrected chi connectivity index (χ1v) is 5.05. The van der Waals surface area contributed by atoms with E-state index >= 15 is 0 Å². The highest BCUT2D eigenvalue weighted by molar-refractivity contribution is 5.17. The zero-order valence-electron chi connectivity index (χ0n) is 9.93. The Morgan fingerprint density at radius 2 is 1.94 bits per heavy atom. The first-order chi connectivity index (χ1) is 7.45. The van der Waals surface area contributed by atoms with E-state index < -0.39 is 11.9 Å². The third-order valence-corrected chi connectivity index (χ3v) is 1.74. The molecule has 0 atom stereocenters. The molecule has 0 saturated carbocycles. The largest absolute Gasteiger partial charge is 0.435 e. The van der Waals surface area contributed by atoms with Gasteiger partial charge in [-0.25, -0.2) is 0 Å². The Morgan fingerprint density at radius 3 is 2.31 bits per heavy atom. The lowest BCUT2D eigenvalue weighted by molar-refractivity contribution is -0.142. The molecule has 1 aromatic heterocycles. The lowest BCUT2D eigenvalue weighted by Gasteiger charge is -2.02. The molecule has 0 amide bonds. The molecule has 1 rings (SSSR count). The summed E-state index contributed by atoms with van der Waals surface area (Å²) in [5, 5.41) is 3.43. The molecule has 0 N–H and O–H groups in total. The summed E-state index contributed by atoms with van der Waals surface area (Å²) in [6.07, 6.45) is -3.01. The van der Waals surface area contributed by atoms with Gasteiger partial charge in [-0.15, -0.1) is 0 Å². The van der Waals surface area contributed by atoms with Gasteiger partial charge >= 0.3 is 6.18 Å². The van der Waals surface area contributed by atoms with Crippen molar-refractivity contribution in [3.63, 3.8) is 0 Å². The molecule has 16 heavy (non-hydrogen) atoms. The van der Waals surface area contributed by atoms with Crippen molar-refractivity contribution in [2.24, 2.45) is 0 Å². The average molecular weight is 238 g/mol. The minimum Gasteiger partial charge on any atom is -0.383 e. The van der Waals surface area contributed by atoms with E-state index in [0.29, 0.717) is 13.2 Å². The average Bonchev–Trinajstić information content (AvgIpc) is 2.59. The van der Waals surface area contributed by atoms with Crippen LogP contribution in [-0.4, -0.2) is 23.5 Å². The minimum atomic E-state index is -4.37. The first kappa shape index (κ1) is 15.0. The van der Waals surface area contributed by atoms with Gasteiger partial charge in [-0.05, 0) is 12.5 Å². The van der Waals surface area contributed by atoms with Gasteiger partial charge in [0, 0.05) is 13.3 Å². The molecule has 0 radical (unpaired) electrons. The monoisotopic (exact) mass is 238 g/mol. The third-order valence-electron chi connectivity index (χ3n) is 1.74. The molecular weight excluding hydrogens is 221 g/mol. The van der Waals surface area contributed by atoms with Crippen molar-refractivity contribution in [3.05, 3.63) is 17.5 Å². The number of halogens is 3. The number of nitrogens with zero attached hydrogens (tertiary/aromatic N) is 2. The van der Waals surface area contributed by atoms with Crippen molar-refractivity contribution in [2.75, 3.05) is 13.7 Å². The highest BCUT2D eigenvalue weighted by Gasteiger charge is 2.35. The van der Waals surface area contributed by atoms with Crippen molar-refractivity contribution < 1.29 is 17.9 Å². The van der Waals surface area contributed by atoms with Gasteiger partial charge in [-0.2, -0.15) is 18.3 Å². The minimum absolute atomic E-state index is 0.133. The Morgan fingerprint density at radius 1 is 1.38 bits per heavy atom. The van der Waals surface area contributed by atoms with Crippen LogP contribution < -0.4 is 0 Å². The summed E-state index contributed by atoms with van der Waals surface area (Å²) in [6.45, 7) is 6.06. The van der Waals surface area contributed by atoms with Gasteiger partial charge in [0.15, 0.2) is 5.69 Å². The maximum atomic E-state index is 12.3. The zero-order chi connectivity index (χ0) is 12.8. The van der Waals surface area contributed by atoms with E-state index in [4.69, 9.17) is 4.74 Å². The van der Waals surface area contributed by atoms with Crippen LogP contribution in [0.2, 0.25) is 0 Å². The Kier molecular flexibility index (Phi) is 6.10. The van der Waals surface area contributed by atoms with Crippen LogP contribution in [0.4, 0.5) is 13.2 Å². The van der Waals surface area contributed by atoms with Crippen LogP contribution in [0.5, 0.6) is 0 Å². The molecule has 0 aliphatic carbocycles. The van der Waals surface area contributed by atoms with Crippen molar-refractivity contribution in [2.45, 2.75) is 33.5 Å². The molecule has 0 aliphatic heterocycles. The Balaban J connectivity index is 0.00000106. The third kappa shape index (κ3) is 4.22. The Labute approximate surface area is 93.2 Å². The standard InChI is InChI=1S/C8H11F3N2O.C2H6/c1-6-5-13(3-4-14-2)12-7(6)8(9,10)11;1-2/h5H,3-4H2,1-2H3;1-2H3. The second-order valence-corrected chi connectivity index (χ2v) is 2.91. The van der Waals surface area contributed by atoms with Gasteiger partial charge in [0.25, 0.3) is 0 Å². The van der Waals surface area contributed by atoms with Crippen LogP contribution in [0, 0.1) is 6.92 Å². The summed E-state index contributed by atoms with van der Waals surface area (Å²) in [5.41, 5.74) is -0.692. The van der Waals surface area contributed by atoms with Gasteiger partial charge in [0.05, 0.1) is 13.2 Å². The Hall–Kier alpha value is -1.04. The highest BCUT2D eigenvalue weighted by atomic mass is 19.4. The summed E-state index contributed by atoms with van der Waals surface area (Å²) < 4.78 is 42.8. The van der Waals surface area contributed by atoms with E-state index in [0.717, 1.165) is 0 Å². The molecule has 0 saturated heterocycles. The summed E-state index contributed by atoms with van der Waals surface area (Å²) in [7, 11) is 1.49. The first-order valence-electron chi connectivity index (χ1n) is 5.05. The van der Waals surface area contributed by atoms with Gasteiger partial charge in [-0.1, -0.05) is 13.8 Å². The predicted octanol–water partition coefficient (Wildman–Crippen LogP) is 2.88. The number of methoxy groups -OCH3 is 1. The van der Waals surface area contributed by atoms with Crippen molar-refractivity contribution in [1.29, 1.82) is 0 Å². The molecule has 3 nitrogen and oxygen atoms in total. The fourth-order valence-electron chi connectivity index (χ4n) is 1.10. The van der Waals surface area contributed by atoms with Gasteiger partial charge in [-0.3, -0.25) is 4.68 Å². The number of aromatic nitrogens is 2. The Bertz CT molecular complexity index is 308. The van der Waals surface area contributed by atoms with Crippen LogP contribution >= 0.6 is 0 Å². The van der Waals surface area contributed by atoms with E-state index in [1.165, 1.54) is 24.9 Å². The van der Waals surface area contributed by atoms with Crippen molar-refractivity contribution in [1.82, 2.24) is 9.78 Å². The molecule has 0 unspecified atom stereocenters. The summed E-state index contributed by atoms with van der Waals surface area (Å²) in [5.74, 6) is 0. The SMILES string of the molecule is CC.COCCn1cc(C)c(C(F)(F)F)n1. The summed E-state index contributed by atoms with van der Waals surface area (Å²) in [6, 6.07) is 0. The van der Waals surface area contributed by atoms with E-state index in [-0.39, 0.29) is 5.56 Å². The molecule has 94 valence electrons. The highest BCUT2D eigenvalue weighted by Crippen LogP contribution is 2.29. The van der Waals surface area contributed by atoms with Gasteiger partial charge in [0.2, 0.25) is 0 Å². The molecule has 0 bridgehead atoms. The number of hydrogen-bond donors (Lipinski definition) is 0. The van der Waals surface area contributed by atoms with E-state index in [2.05, 4.69) is 5.10 Å². The molecule has 6 heteroatoms. The predicted molar refractivity (Wildman–Crippen MR) is 55.2 cm³/mol. The van der Waals surface area contributed by atoms with E-state index in [9.17, 15) is 13.2 Å². The van der Waals surface area contributed by atoms with Crippen LogP contribution in [0.15, 0.2) is 6.20 Å². The van der Waals surface area contributed by atoms with E-state index in [1.807, 2.05) is 13.8 Å². The maximum absolute atomic E-state index is 12.3. The molecule has 0 fully saturated rings. The second-order valence-electron chi connectivity index (χ2n) is 2.91. The number of alkyl halides is 3. The van der Waals surface area contributed by atoms with Crippen LogP contribution in [0.3, 0.4) is 0 Å².